The van der Waals surface area contributed by atoms with Crippen molar-refractivity contribution in [2.24, 2.45) is 0 Å². The molecular formula is C15H15ClN4. The Balaban J connectivity index is 1.71. The number of hydrogen-bond donors (Lipinski definition) is 1. The predicted molar refractivity (Wildman–Crippen MR) is 79.7 cm³/mol. The number of halogens is 1. The van der Waals surface area contributed by atoms with Crippen molar-refractivity contribution in [2.45, 2.75) is 19.5 Å². The average molecular weight is 287 g/mol. The van der Waals surface area contributed by atoms with Gasteiger partial charge in [-0.2, -0.15) is 0 Å². The second-order valence-corrected chi connectivity index (χ2v) is 5.17. The largest absolute Gasteiger partial charge is 0.305 e. The van der Waals surface area contributed by atoms with Gasteiger partial charge in [-0.15, -0.1) is 0 Å². The van der Waals surface area contributed by atoms with Gasteiger partial charge in [-0.05, 0) is 30.7 Å². The van der Waals surface area contributed by atoms with E-state index in [0.717, 1.165) is 11.3 Å². The summed E-state index contributed by atoms with van der Waals surface area (Å²) in [7, 11) is 0. The molecular weight excluding hydrogens is 272 g/mol. The predicted octanol–water partition coefficient (Wildman–Crippen LogP) is 3.23. The van der Waals surface area contributed by atoms with Gasteiger partial charge in [-0.3, -0.25) is 4.98 Å². The Morgan fingerprint density at radius 1 is 1.30 bits per heavy atom. The highest BCUT2D eigenvalue weighted by atomic mass is 35.5. The maximum Gasteiger partial charge on any atom is 0.137 e. The monoisotopic (exact) mass is 286 g/mol. The molecule has 3 aromatic rings. The molecule has 3 heterocycles. The van der Waals surface area contributed by atoms with Crippen molar-refractivity contribution in [3.63, 3.8) is 0 Å². The van der Waals surface area contributed by atoms with Crippen molar-refractivity contribution in [3.8, 4) is 0 Å². The van der Waals surface area contributed by atoms with Gasteiger partial charge in [0.15, 0.2) is 0 Å². The highest BCUT2D eigenvalue weighted by molar-refractivity contribution is 6.30. The first-order chi connectivity index (χ1) is 9.72. The molecule has 1 atom stereocenters. The number of hydrogen-bond acceptors (Lipinski definition) is 3. The number of pyridine rings is 2. The van der Waals surface area contributed by atoms with E-state index >= 15 is 0 Å². The summed E-state index contributed by atoms with van der Waals surface area (Å²) in [5.41, 5.74) is 3.06. The van der Waals surface area contributed by atoms with E-state index < -0.39 is 0 Å². The van der Waals surface area contributed by atoms with Crippen LogP contribution in [0.1, 0.15) is 24.2 Å². The molecule has 3 rings (SSSR count). The number of rotatable bonds is 4. The summed E-state index contributed by atoms with van der Waals surface area (Å²) in [6.45, 7) is 2.82. The standard InChI is InChI=1S/C15H15ClN4/c1-11(12-3-2-6-17-7-12)18-8-14-10-20-9-13(16)4-5-15(20)19-14/h2-7,9-11,18H,8H2,1H3. The molecule has 0 saturated carbocycles. The van der Waals surface area contributed by atoms with Crippen molar-refractivity contribution in [3.05, 3.63) is 65.3 Å². The fraction of sp³-hybridized carbons (Fsp3) is 0.200. The zero-order valence-corrected chi connectivity index (χ0v) is 11.9. The van der Waals surface area contributed by atoms with E-state index in [0.29, 0.717) is 11.6 Å². The summed E-state index contributed by atoms with van der Waals surface area (Å²) in [5, 5.41) is 4.15. The van der Waals surface area contributed by atoms with Crippen LogP contribution in [0.3, 0.4) is 0 Å². The van der Waals surface area contributed by atoms with E-state index in [1.54, 1.807) is 6.20 Å². The SMILES string of the molecule is CC(NCc1cn2cc(Cl)ccc2n1)c1cccnc1. The minimum atomic E-state index is 0.233. The van der Waals surface area contributed by atoms with E-state index in [9.17, 15) is 0 Å². The van der Waals surface area contributed by atoms with Crippen LogP contribution in [0, 0.1) is 0 Å². The number of fused-ring (bicyclic) bond motifs is 1. The lowest BCUT2D eigenvalue weighted by atomic mass is 10.1. The number of nitrogens with zero attached hydrogens (tertiary/aromatic N) is 3. The molecule has 0 amide bonds. The third-order valence-corrected chi connectivity index (χ3v) is 3.46. The van der Waals surface area contributed by atoms with Crippen molar-refractivity contribution in [2.75, 3.05) is 0 Å². The molecule has 5 heteroatoms. The molecule has 1 N–H and O–H groups in total. The fourth-order valence-corrected chi connectivity index (χ4v) is 2.28. The molecule has 4 nitrogen and oxygen atoms in total. The van der Waals surface area contributed by atoms with Gasteiger partial charge in [0.2, 0.25) is 0 Å². The molecule has 0 radical (unpaired) electrons. The van der Waals surface area contributed by atoms with Crippen molar-refractivity contribution in [1.29, 1.82) is 0 Å². The maximum absolute atomic E-state index is 5.96. The Labute approximate surface area is 122 Å². The minimum Gasteiger partial charge on any atom is -0.305 e. The highest BCUT2D eigenvalue weighted by Gasteiger charge is 2.07. The summed E-state index contributed by atoms with van der Waals surface area (Å²) >= 11 is 5.96. The van der Waals surface area contributed by atoms with Crippen molar-refractivity contribution in [1.82, 2.24) is 19.7 Å². The molecule has 102 valence electrons. The van der Waals surface area contributed by atoms with Gasteiger partial charge in [0.05, 0.1) is 10.7 Å². The van der Waals surface area contributed by atoms with Gasteiger partial charge in [0, 0.05) is 37.4 Å². The Bertz CT molecular complexity index is 708. The Morgan fingerprint density at radius 3 is 3.00 bits per heavy atom. The Morgan fingerprint density at radius 2 is 2.20 bits per heavy atom. The van der Waals surface area contributed by atoms with Crippen LogP contribution >= 0.6 is 11.6 Å². The average Bonchev–Trinajstić information content (AvgIpc) is 2.87. The van der Waals surface area contributed by atoms with E-state index in [1.165, 1.54) is 5.56 Å². The van der Waals surface area contributed by atoms with Crippen LogP contribution in [0.4, 0.5) is 0 Å². The van der Waals surface area contributed by atoms with Crippen LogP contribution < -0.4 is 5.32 Å². The summed E-state index contributed by atoms with van der Waals surface area (Å²) in [6, 6.07) is 8.00. The summed E-state index contributed by atoms with van der Waals surface area (Å²) < 4.78 is 1.94. The summed E-state index contributed by atoms with van der Waals surface area (Å²) in [4.78, 5) is 8.68. The number of aromatic nitrogens is 3. The van der Waals surface area contributed by atoms with Gasteiger partial charge in [-0.25, -0.2) is 4.98 Å². The lowest BCUT2D eigenvalue weighted by Gasteiger charge is -2.12. The smallest absolute Gasteiger partial charge is 0.137 e. The van der Waals surface area contributed by atoms with Crippen LogP contribution in [-0.4, -0.2) is 14.4 Å². The third kappa shape index (κ3) is 2.81. The molecule has 0 saturated heterocycles. The molecule has 0 fully saturated rings. The van der Waals surface area contributed by atoms with Crippen molar-refractivity contribution >= 4 is 17.2 Å². The van der Waals surface area contributed by atoms with Crippen LogP contribution in [0.15, 0.2) is 49.1 Å². The van der Waals surface area contributed by atoms with Crippen LogP contribution in [0.25, 0.3) is 5.65 Å². The maximum atomic E-state index is 5.96. The van der Waals surface area contributed by atoms with Gasteiger partial charge in [-0.1, -0.05) is 17.7 Å². The molecule has 0 aliphatic heterocycles. The first kappa shape index (κ1) is 13.1. The first-order valence-electron chi connectivity index (χ1n) is 6.49. The molecule has 0 spiro atoms. The van der Waals surface area contributed by atoms with Crippen LogP contribution in [0.5, 0.6) is 0 Å². The highest BCUT2D eigenvalue weighted by Crippen LogP contribution is 2.13. The normalized spacial score (nSPS) is 12.7. The third-order valence-electron chi connectivity index (χ3n) is 3.24. The molecule has 0 aliphatic rings. The molecule has 0 aliphatic carbocycles. The lowest BCUT2D eigenvalue weighted by molar-refractivity contribution is 0.567. The second kappa shape index (κ2) is 5.61. The molecule has 0 bridgehead atoms. The van der Waals surface area contributed by atoms with E-state index in [2.05, 4.69) is 28.3 Å². The lowest BCUT2D eigenvalue weighted by Crippen LogP contribution is -2.18. The first-order valence-corrected chi connectivity index (χ1v) is 6.86. The van der Waals surface area contributed by atoms with Gasteiger partial charge in [0.25, 0.3) is 0 Å². The molecule has 20 heavy (non-hydrogen) atoms. The second-order valence-electron chi connectivity index (χ2n) is 4.73. The fourth-order valence-electron chi connectivity index (χ4n) is 2.11. The number of nitrogens with one attached hydrogen (secondary N) is 1. The Hall–Kier alpha value is -1.91. The van der Waals surface area contributed by atoms with Gasteiger partial charge >= 0.3 is 0 Å². The topological polar surface area (TPSA) is 42.2 Å². The van der Waals surface area contributed by atoms with Gasteiger partial charge < -0.3 is 9.72 Å². The number of imidazole rings is 1. The van der Waals surface area contributed by atoms with E-state index in [-0.39, 0.29) is 6.04 Å². The van der Waals surface area contributed by atoms with Crippen LogP contribution in [0.2, 0.25) is 5.02 Å². The summed E-state index contributed by atoms with van der Waals surface area (Å²) in [6.07, 6.45) is 7.51. The molecule has 1 unspecified atom stereocenters. The van der Waals surface area contributed by atoms with E-state index in [4.69, 9.17) is 11.6 Å². The molecule has 0 aromatic carbocycles. The quantitative estimate of drug-likeness (QED) is 0.801. The Kier molecular flexibility index (Phi) is 3.67. The van der Waals surface area contributed by atoms with E-state index in [1.807, 2.05) is 41.2 Å². The summed E-state index contributed by atoms with van der Waals surface area (Å²) in [5.74, 6) is 0. The van der Waals surface area contributed by atoms with Crippen LogP contribution in [-0.2, 0) is 6.54 Å². The zero-order valence-electron chi connectivity index (χ0n) is 11.1. The minimum absolute atomic E-state index is 0.233. The van der Waals surface area contributed by atoms with Gasteiger partial charge in [0.1, 0.15) is 5.65 Å². The molecule has 3 aromatic heterocycles. The zero-order chi connectivity index (χ0) is 13.9. The van der Waals surface area contributed by atoms with Crippen molar-refractivity contribution < 1.29 is 0 Å².